The zero-order chi connectivity index (χ0) is 24.4. The Morgan fingerprint density at radius 1 is 1.12 bits per heavy atom. The Morgan fingerprint density at radius 3 is 2.38 bits per heavy atom. The minimum Gasteiger partial charge on any atom is -0.497 e. The fourth-order valence-electron chi connectivity index (χ4n) is 3.45. The van der Waals surface area contributed by atoms with E-state index in [1.54, 1.807) is 44.4 Å². The van der Waals surface area contributed by atoms with E-state index in [1.165, 1.54) is 41.1 Å². The van der Waals surface area contributed by atoms with E-state index in [0.29, 0.717) is 34.1 Å². The fourth-order valence-corrected chi connectivity index (χ4v) is 3.57. The number of hydrogen-bond acceptors (Lipinski definition) is 5. The summed E-state index contributed by atoms with van der Waals surface area (Å²) in [4.78, 5) is 28.4. The summed E-state index contributed by atoms with van der Waals surface area (Å²) in [5.74, 6) is 0.0212. The summed E-state index contributed by atoms with van der Waals surface area (Å²) < 4.78 is 20.4. The molecule has 0 saturated heterocycles. The summed E-state index contributed by atoms with van der Waals surface area (Å²) in [6, 6.07) is 16.7. The lowest BCUT2D eigenvalue weighted by Gasteiger charge is -2.05. The van der Waals surface area contributed by atoms with Crippen molar-refractivity contribution in [3.05, 3.63) is 104 Å². The molecule has 1 N–H and O–H groups in total. The highest BCUT2D eigenvalue weighted by Gasteiger charge is 2.20. The van der Waals surface area contributed by atoms with Gasteiger partial charge in [-0.25, -0.2) is 9.07 Å². The summed E-state index contributed by atoms with van der Waals surface area (Å²) in [7, 11) is 1.55. The van der Waals surface area contributed by atoms with Crippen LogP contribution in [0.3, 0.4) is 0 Å². The number of rotatable bonds is 6. The number of methoxy groups -OCH3 is 1. The number of H-pyrrole nitrogens is 1. The largest absolute Gasteiger partial charge is 0.497 e. The Labute approximate surface area is 198 Å². The predicted molar refractivity (Wildman–Crippen MR) is 128 cm³/mol. The van der Waals surface area contributed by atoms with E-state index < -0.39 is 16.3 Å². The Morgan fingerprint density at radius 2 is 1.79 bits per heavy atom. The number of non-ortho nitro benzene ring substituents is 1. The topological polar surface area (TPSA) is 103 Å². The van der Waals surface area contributed by atoms with Crippen molar-refractivity contribution in [2.75, 3.05) is 7.11 Å². The zero-order valence-electron chi connectivity index (χ0n) is 18.1. The molecule has 34 heavy (non-hydrogen) atoms. The second-order valence-electron chi connectivity index (χ2n) is 7.30. The average molecular weight is 481 g/mol. The SMILES string of the molecule is COc1ccc(-c2[nH]n(-c3ccc([N+](=O)[O-])cc3)c(=O)c2C(C)=Nc2ccc(Cl)c(F)c2)cc1. The van der Waals surface area contributed by atoms with Crippen LogP contribution in [-0.2, 0) is 0 Å². The van der Waals surface area contributed by atoms with E-state index >= 15 is 0 Å². The first-order valence-corrected chi connectivity index (χ1v) is 10.4. The molecule has 4 rings (SSSR count). The van der Waals surface area contributed by atoms with Crippen LogP contribution >= 0.6 is 11.6 Å². The van der Waals surface area contributed by atoms with Crippen LogP contribution in [0.25, 0.3) is 16.9 Å². The van der Waals surface area contributed by atoms with Crippen LogP contribution in [0.4, 0.5) is 15.8 Å². The summed E-state index contributed by atoms with van der Waals surface area (Å²) in [5, 5.41) is 14.0. The highest BCUT2D eigenvalue weighted by atomic mass is 35.5. The van der Waals surface area contributed by atoms with Crippen LogP contribution < -0.4 is 10.3 Å². The molecule has 3 aromatic carbocycles. The van der Waals surface area contributed by atoms with Crippen LogP contribution in [0.1, 0.15) is 12.5 Å². The molecule has 172 valence electrons. The van der Waals surface area contributed by atoms with Crippen molar-refractivity contribution in [1.82, 2.24) is 9.78 Å². The number of benzene rings is 3. The van der Waals surface area contributed by atoms with Gasteiger partial charge in [0.15, 0.2) is 0 Å². The van der Waals surface area contributed by atoms with E-state index in [1.807, 2.05) is 0 Å². The molecular weight excluding hydrogens is 463 g/mol. The number of nitro groups is 1. The van der Waals surface area contributed by atoms with Crippen molar-refractivity contribution in [3.63, 3.8) is 0 Å². The zero-order valence-corrected chi connectivity index (χ0v) is 18.8. The van der Waals surface area contributed by atoms with Crippen LogP contribution in [0.2, 0.25) is 5.02 Å². The second-order valence-corrected chi connectivity index (χ2v) is 7.71. The third kappa shape index (κ3) is 4.46. The first kappa shape index (κ1) is 22.9. The Kier molecular flexibility index (Phi) is 6.29. The minimum atomic E-state index is -0.622. The molecule has 1 aromatic heterocycles. The second kappa shape index (κ2) is 9.32. The lowest BCUT2D eigenvalue weighted by Crippen LogP contribution is -2.19. The Hall–Kier alpha value is -4.24. The lowest BCUT2D eigenvalue weighted by molar-refractivity contribution is -0.384. The van der Waals surface area contributed by atoms with Crippen LogP contribution in [-0.4, -0.2) is 27.5 Å². The lowest BCUT2D eigenvalue weighted by atomic mass is 10.0. The molecule has 0 bridgehead atoms. The van der Waals surface area contributed by atoms with Crippen molar-refractivity contribution in [1.29, 1.82) is 0 Å². The molecule has 1 heterocycles. The molecule has 0 spiro atoms. The molecule has 0 unspecified atom stereocenters. The van der Waals surface area contributed by atoms with Gasteiger partial charge in [0, 0.05) is 23.8 Å². The number of nitro benzene ring substituents is 1. The molecule has 0 aliphatic heterocycles. The third-order valence-electron chi connectivity index (χ3n) is 5.15. The number of aliphatic imine (C=N–C) groups is 1. The maximum absolute atomic E-state index is 13.9. The first-order chi connectivity index (χ1) is 16.3. The number of nitrogens with one attached hydrogen (secondary N) is 1. The van der Waals surface area contributed by atoms with Crippen molar-refractivity contribution in [2.24, 2.45) is 4.99 Å². The molecule has 8 nitrogen and oxygen atoms in total. The molecule has 0 atom stereocenters. The quantitative estimate of drug-likeness (QED) is 0.218. The standard InChI is InChI=1S/C24H18ClFN4O4/c1-14(27-16-5-12-20(25)21(26)13-16)22-23(15-3-10-19(34-2)11-4-15)28-29(24(22)31)17-6-8-18(9-7-17)30(32)33/h3-13,28H,1-2H3. The van der Waals surface area contributed by atoms with Gasteiger partial charge >= 0.3 is 0 Å². The summed E-state index contributed by atoms with van der Waals surface area (Å²) in [6.45, 7) is 1.64. The molecule has 4 aromatic rings. The van der Waals surface area contributed by atoms with Gasteiger partial charge < -0.3 is 4.74 Å². The summed E-state index contributed by atoms with van der Waals surface area (Å²) in [5.41, 5.74) is 1.95. The first-order valence-electron chi connectivity index (χ1n) is 10.0. The third-order valence-corrected chi connectivity index (χ3v) is 5.46. The number of aromatic nitrogens is 2. The highest BCUT2D eigenvalue weighted by Crippen LogP contribution is 2.27. The monoisotopic (exact) mass is 480 g/mol. The molecule has 0 fully saturated rings. The summed E-state index contributed by atoms with van der Waals surface area (Å²) >= 11 is 5.76. The minimum absolute atomic E-state index is 0.0299. The normalized spacial score (nSPS) is 11.5. The van der Waals surface area contributed by atoms with E-state index in [4.69, 9.17) is 16.3 Å². The molecule has 0 aliphatic carbocycles. The maximum atomic E-state index is 13.9. The molecule has 0 aliphatic rings. The number of halogens is 2. The number of ether oxygens (including phenoxy) is 1. The average Bonchev–Trinajstić information content (AvgIpc) is 3.18. The molecule has 10 heteroatoms. The van der Waals surface area contributed by atoms with Crippen molar-refractivity contribution < 1.29 is 14.1 Å². The van der Waals surface area contributed by atoms with Crippen LogP contribution in [0, 0.1) is 15.9 Å². The van der Waals surface area contributed by atoms with Gasteiger partial charge in [-0.2, -0.15) is 0 Å². The fraction of sp³-hybridized carbons (Fsp3) is 0.0833. The van der Waals surface area contributed by atoms with Gasteiger partial charge in [-0.15, -0.1) is 0 Å². The van der Waals surface area contributed by atoms with E-state index in [-0.39, 0.29) is 16.3 Å². The van der Waals surface area contributed by atoms with Crippen molar-refractivity contribution in [2.45, 2.75) is 6.92 Å². The number of nitrogens with zero attached hydrogens (tertiary/aromatic N) is 3. The van der Waals surface area contributed by atoms with Crippen LogP contribution in [0.5, 0.6) is 5.75 Å². The van der Waals surface area contributed by atoms with Crippen molar-refractivity contribution in [3.8, 4) is 22.7 Å². The Balaban J connectivity index is 1.88. The van der Waals surface area contributed by atoms with Gasteiger partial charge in [0.25, 0.3) is 11.2 Å². The Bertz CT molecular complexity index is 1460. The van der Waals surface area contributed by atoms with Crippen molar-refractivity contribution >= 4 is 28.7 Å². The van der Waals surface area contributed by atoms with Gasteiger partial charge in [0.2, 0.25) is 0 Å². The number of aromatic amines is 1. The van der Waals surface area contributed by atoms with Gasteiger partial charge in [-0.05, 0) is 55.5 Å². The number of hydrogen-bond donors (Lipinski definition) is 1. The van der Waals surface area contributed by atoms with Crippen LogP contribution in [0.15, 0.2) is 76.5 Å². The summed E-state index contributed by atoms with van der Waals surface area (Å²) in [6.07, 6.45) is 0. The van der Waals surface area contributed by atoms with Gasteiger partial charge in [0.05, 0.1) is 45.4 Å². The van der Waals surface area contributed by atoms with Gasteiger partial charge in [-0.3, -0.25) is 25.0 Å². The van der Waals surface area contributed by atoms with E-state index in [0.717, 1.165) is 0 Å². The van der Waals surface area contributed by atoms with E-state index in [9.17, 15) is 19.3 Å². The molecule has 0 radical (unpaired) electrons. The molecule has 0 amide bonds. The van der Waals surface area contributed by atoms with Gasteiger partial charge in [-0.1, -0.05) is 11.6 Å². The van der Waals surface area contributed by atoms with Gasteiger partial charge in [0.1, 0.15) is 11.6 Å². The maximum Gasteiger partial charge on any atom is 0.280 e. The molecule has 0 saturated carbocycles. The predicted octanol–water partition coefficient (Wildman–Crippen LogP) is 5.68. The molecular formula is C24H18ClFN4O4. The van der Waals surface area contributed by atoms with E-state index in [2.05, 4.69) is 10.1 Å². The highest BCUT2D eigenvalue weighted by molar-refractivity contribution is 6.30. The smallest absolute Gasteiger partial charge is 0.280 e.